The number of benzene rings is 1. The summed E-state index contributed by atoms with van der Waals surface area (Å²) in [6.07, 6.45) is 0.717. The van der Waals surface area contributed by atoms with Crippen LogP contribution in [0.5, 0.6) is 0 Å². The molecule has 3 N–H and O–H groups in total. The van der Waals surface area contributed by atoms with Gasteiger partial charge in [0.25, 0.3) is 5.91 Å². The number of aliphatic hydroxyl groups is 2. The number of carbonyl (C=O) groups excluding carboxylic acids is 2. The average Bonchev–Trinajstić information content (AvgIpc) is 2.65. The molecule has 2 rings (SSSR count). The van der Waals surface area contributed by atoms with Crippen molar-refractivity contribution in [2.75, 3.05) is 26.2 Å². The van der Waals surface area contributed by atoms with Gasteiger partial charge >= 0.3 is 5.97 Å². The molecule has 1 saturated heterocycles. The Kier molecular flexibility index (Phi) is 7.35. The summed E-state index contributed by atoms with van der Waals surface area (Å²) in [5, 5.41) is 22.5. The molecule has 0 bridgehead atoms. The molecule has 27 heavy (non-hydrogen) atoms. The van der Waals surface area contributed by atoms with Crippen LogP contribution in [0.2, 0.25) is 0 Å². The first-order valence-corrected chi connectivity index (χ1v) is 9.35. The first-order valence-electron chi connectivity index (χ1n) is 9.35. The van der Waals surface area contributed by atoms with Gasteiger partial charge in [-0.2, -0.15) is 0 Å². The summed E-state index contributed by atoms with van der Waals surface area (Å²) in [6, 6.07) is 7.44. The highest BCUT2D eigenvalue weighted by Crippen LogP contribution is 2.29. The highest BCUT2D eigenvalue weighted by molar-refractivity contribution is 5.94. The van der Waals surface area contributed by atoms with Crippen molar-refractivity contribution in [2.24, 2.45) is 5.41 Å². The fourth-order valence-electron chi connectivity index (χ4n) is 2.85. The molecule has 1 aromatic carbocycles. The van der Waals surface area contributed by atoms with E-state index in [2.05, 4.69) is 5.32 Å². The van der Waals surface area contributed by atoms with Crippen molar-refractivity contribution < 1.29 is 24.6 Å². The molecule has 1 aliphatic rings. The van der Waals surface area contributed by atoms with Crippen LogP contribution in [-0.4, -0.2) is 59.5 Å². The van der Waals surface area contributed by atoms with Crippen LogP contribution in [0.25, 0.3) is 0 Å². The maximum atomic E-state index is 12.2. The van der Waals surface area contributed by atoms with Gasteiger partial charge < -0.3 is 20.4 Å². The Balaban J connectivity index is 1.91. The lowest BCUT2D eigenvalue weighted by Crippen LogP contribution is -2.38. The number of aliphatic hydroxyl groups excluding tert-OH is 2. The number of nitrogens with one attached hydrogen (secondary N) is 1. The first-order chi connectivity index (χ1) is 12.7. The predicted molar refractivity (Wildman–Crippen MR) is 101 cm³/mol. The molecule has 1 atom stereocenters. The maximum Gasteiger partial charge on any atom is 0.330 e. The van der Waals surface area contributed by atoms with Crippen molar-refractivity contribution in [3.63, 3.8) is 0 Å². The molecular formula is C20H30N2O5. The molecule has 0 radical (unpaired) electrons. The van der Waals surface area contributed by atoms with Gasteiger partial charge in [-0.3, -0.25) is 4.79 Å². The first kappa shape index (κ1) is 21.3. The van der Waals surface area contributed by atoms with Crippen LogP contribution in [0, 0.1) is 5.41 Å². The third kappa shape index (κ3) is 6.30. The second-order valence-electron chi connectivity index (χ2n) is 8.00. The monoisotopic (exact) mass is 378 g/mol. The molecule has 0 aromatic heterocycles. The topological polar surface area (TPSA) is 99.1 Å². The lowest BCUT2D eigenvalue weighted by atomic mass is 9.89. The molecule has 7 nitrogen and oxygen atoms in total. The normalized spacial score (nSPS) is 17.4. The molecule has 150 valence electrons. The number of hydrogen-bond donors (Lipinski definition) is 3. The van der Waals surface area contributed by atoms with Gasteiger partial charge in [-0.25, -0.2) is 4.79 Å². The van der Waals surface area contributed by atoms with Gasteiger partial charge in [-0.15, -0.1) is 5.06 Å². The van der Waals surface area contributed by atoms with Crippen molar-refractivity contribution in [3.8, 4) is 0 Å². The fourth-order valence-corrected chi connectivity index (χ4v) is 2.85. The smallest absolute Gasteiger partial charge is 0.330 e. The number of rotatable bonds is 6. The van der Waals surface area contributed by atoms with Crippen molar-refractivity contribution in [3.05, 3.63) is 35.4 Å². The van der Waals surface area contributed by atoms with Crippen LogP contribution in [0.4, 0.5) is 0 Å². The zero-order valence-electron chi connectivity index (χ0n) is 16.3. The van der Waals surface area contributed by atoms with E-state index >= 15 is 0 Å². The molecule has 1 aromatic rings. The van der Waals surface area contributed by atoms with E-state index in [1.807, 2.05) is 39.0 Å². The van der Waals surface area contributed by atoms with Gasteiger partial charge in [0.15, 0.2) is 0 Å². The van der Waals surface area contributed by atoms with E-state index in [1.54, 1.807) is 11.1 Å². The second-order valence-corrected chi connectivity index (χ2v) is 8.00. The quantitative estimate of drug-likeness (QED) is 0.693. The van der Waals surface area contributed by atoms with Crippen molar-refractivity contribution in [1.82, 2.24) is 10.4 Å². The van der Waals surface area contributed by atoms with Crippen molar-refractivity contribution in [1.29, 1.82) is 0 Å². The average molecular weight is 378 g/mol. The van der Waals surface area contributed by atoms with Crippen LogP contribution >= 0.6 is 0 Å². The Morgan fingerprint density at radius 2 is 1.96 bits per heavy atom. The summed E-state index contributed by atoms with van der Waals surface area (Å²) in [5.74, 6) is -0.212. The molecule has 1 aliphatic heterocycles. The standard InChI is InChI=1S/C20H30N2O5/c1-20(2,3)19(26)27-22-9-7-14(8-10-22)15-5-4-6-16(11-15)18(25)21-12-17(24)13-23/h4-6,11,14,17,23-24H,7-10,12-13H2,1-3H3,(H,21,25). The molecule has 1 unspecified atom stereocenters. The van der Waals surface area contributed by atoms with Gasteiger partial charge in [-0.05, 0) is 57.2 Å². The number of carbonyl (C=O) groups is 2. The molecule has 1 heterocycles. The van der Waals surface area contributed by atoms with Crippen LogP contribution in [0.1, 0.15) is 55.5 Å². The third-order valence-corrected chi connectivity index (χ3v) is 4.61. The summed E-state index contributed by atoms with van der Waals surface area (Å²) >= 11 is 0. The van der Waals surface area contributed by atoms with E-state index in [1.165, 1.54) is 0 Å². The summed E-state index contributed by atoms with van der Waals surface area (Å²) in [7, 11) is 0. The molecule has 0 aliphatic carbocycles. The highest BCUT2D eigenvalue weighted by atomic mass is 16.7. The van der Waals surface area contributed by atoms with E-state index < -0.39 is 18.1 Å². The largest absolute Gasteiger partial charge is 0.394 e. The van der Waals surface area contributed by atoms with E-state index in [0.717, 1.165) is 18.4 Å². The zero-order valence-corrected chi connectivity index (χ0v) is 16.3. The minimum atomic E-state index is -0.961. The number of nitrogens with zero attached hydrogens (tertiary/aromatic N) is 1. The van der Waals surface area contributed by atoms with E-state index in [4.69, 9.17) is 9.94 Å². The Labute approximate surface area is 160 Å². The number of hydrogen-bond acceptors (Lipinski definition) is 6. The molecule has 1 amide bonds. The third-order valence-electron chi connectivity index (χ3n) is 4.61. The van der Waals surface area contributed by atoms with Crippen molar-refractivity contribution in [2.45, 2.75) is 45.6 Å². The maximum absolute atomic E-state index is 12.2. The molecule has 0 saturated carbocycles. The summed E-state index contributed by atoms with van der Waals surface area (Å²) in [5.41, 5.74) is 1.08. The van der Waals surface area contributed by atoms with Crippen LogP contribution < -0.4 is 5.32 Å². The molecule has 0 spiro atoms. The minimum absolute atomic E-state index is 0.0110. The Morgan fingerprint density at radius 3 is 2.56 bits per heavy atom. The van der Waals surface area contributed by atoms with E-state index in [-0.39, 0.29) is 18.4 Å². The lowest BCUT2D eigenvalue weighted by molar-refractivity contribution is -0.204. The SMILES string of the molecule is CC(C)(C)C(=O)ON1CCC(c2cccc(C(=O)NCC(O)CO)c2)CC1. The fraction of sp³-hybridized carbons (Fsp3) is 0.600. The van der Waals surface area contributed by atoms with E-state index in [0.29, 0.717) is 24.6 Å². The molecule has 7 heteroatoms. The summed E-state index contributed by atoms with van der Waals surface area (Å²) in [4.78, 5) is 29.6. The number of amides is 1. The van der Waals surface area contributed by atoms with Gasteiger partial charge in [0.2, 0.25) is 0 Å². The van der Waals surface area contributed by atoms with Crippen LogP contribution in [0.15, 0.2) is 24.3 Å². The second kappa shape index (κ2) is 9.30. The molecular weight excluding hydrogens is 348 g/mol. The predicted octanol–water partition coefficient (Wildman–Crippen LogP) is 1.45. The number of hydroxylamine groups is 2. The van der Waals surface area contributed by atoms with Gasteiger partial charge in [-0.1, -0.05) is 12.1 Å². The van der Waals surface area contributed by atoms with Gasteiger partial charge in [0.1, 0.15) is 0 Å². The highest BCUT2D eigenvalue weighted by Gasteiger charge is 2.29. The zero-order chi connectivity index (χ0) is 20.0. The minimum Gasteiger partial charge on any atom is -0.394 e. The molecule has 1 fully saturated rings. The van der Waals surface area contributed by atoms with Crippen LogP contribution in [0.3, 0.4) is 0 Å². The summed E-state index contributed by atoms with van der Waals surface area (Å²) < 4.78 is 0. The number of piperidine rings is 1. The Morgan fingerprint density at radius 1 is 1.30 bits per heavy atom. The van der Waals surface area contributed by atoms with Crippen molar-refractivity contribution >= 4 is 11.9 Å². The Hall–Kier alpha value is -1.96. The summed E-state index contributed by atoms with van der Waals surface area (Å²) in [6.45, 7) is 6.43. The van der Waals surface area contributed by atoms with E-state index in [9.17, 15) is 14.7 Å². The lowest BCUT2D eigenvalue weighted by Gasteiger charge is -2.32. The van der Waals surface area contributed by atoms with Crippen LogP contribution in [-0.2, 0) is 9.63 Å². The van der Waals surface area contributed by atoms with Gasteiger partial charge in [0, 0.05) is 25.2 Å². The van der Waals surface area contributed by atoms with Gasteiger partial charge in [0.05, 0.1) is 18.1 Å². The Bertz CT molecular complexity index is 648.